The molecular weight excluding hydrogens is 507 g/mol. The van der Waals surface area contributed by atoms with Crippen molar-refractivity contribution in [1.29, 1.82) is 0 Å². The Morgan fingerprint density at radius 2 is 1.97 bits per heavy atom. The van der Waals surface area contributed by atoms with Gasteiger partial charge < -0.3 is 34.4 Å². The molecule has 1 saturated carbocycles. The van der Waals surface area contributed by atoms with Gasteiger partial charge in [0.1, 0.15) is 18.0 Å². The van der Waals surface area contributed by atoms with Crippen LogP contribution in [0.2, 0.25) is 5.28 Å². The van der Waals surface area contributed by atoms with E-state index in [1.807, 2.05) is 0 Å². The molecule has 2 aliphatic rings. The fourth-order valence-electron chi connectivity index (χ4n) is 3.92. The van der Waals surface area contributed by atoms with Crippen LogP contribution in [0.15, 0.2) is 6.20 Å². The molecule has 0 spiro atoms. The Morgan fingerprint density at radius 1 is 1.27 bits per heavy atom. The summed E-state index contributed by atoms with van der Waals surface area (Å²) >= 11 is 6.00. The Bertz CT molecular complexity index is 1110. The number of hydrogen-bond acceptors (Lipinski definition) is 9. The van der Waals surface area contributed by atoms with Crippen molar-refractivity contribution >= 4 is 43.6 Å². The average molecular weight is 530 g/mol. The van der Waals surface area contributed by atoms with Gasteiger partial charge >= 0.3 is 15.2 Å². The van der Waals surface area contributed by atoms with Crippen LogP contribution in [0.5, 0.6) is 0 Å². The molecule has 13 nitrogen and oxygen atoms in total. The first-order valence-electron chi connectivity index (χ1n) is 10.1. The topological polar surface area (TPSA) is 189 Å². The van der Waals surface area contributed by atoms with Crippen LogP contribution >= 0.6 is 26.8 Å². The van der Waals surface area contributed by atoms with Crippen molar-refractivity contribution in [2.24, 2.45) is 0 Å². The number of nitrogens with zero attached hydrogens (tertiary/aromatic N) is 4. The van der Waals surface area contributed by atoms with Crippen LogP contribution in [-0.4, -0.2) is 76.5 Å². The molecule has 0 bridgehead atoms. The summed E-state index contributed by atoms with van der Waals surface area (Å²) in [5, 5.41) is 18.1. The van der Waals surface area contributed by atoms with E-state index in [1.54, 1.807) is 0 Å². The predicted molar refractivity (Wildman–Crippen MR) is 114 cm³/mol. The fourth-order valence-corrected chi connectivity index (χ4v) is 6.65. The van der Waals surface area contributed by atoms with Gasteiger partial charge in [0.15, 0.2) is 23.9 Å². The summed E-state index contributed by atoms with van der Waals surface area (Å²) in [6.07, 6.45) is -0.962. The van der Waals surface area contributed by atoms with Crippen molar-refractivity contribution in [3.8, 4) is 0 Å². The van der Waals surface area contributed by atoms with Crippen LogP contribution in [0, 0.1) is 0 Å². The van der Waals surface area contributed by atoms with Crippen LogP contribution in [0.4, 0.5) is 10.2 Å². The first-order chi connectivity index (χ1) is 15.4. The van der Waals surface area contributed by atoms with Gasteiger partial charge in [-0.15, -0.1) is 5.10 Å². The molecule has 2 aromatic heterocycles. The molecule has 1 saturated heterocycles. The molecule has 2 fully saturated rings. The maximum absolute atomic E-state index is 14.8. The van der Waals surface area contributed by atoms with Gasteiger partial charge in [-0.3, -0.25) is 9.13 Å². The highest BCUT2D eigenvalue weighted by molar-refractivity contribution is 7.70. The smallest absolute Gasteiger partial charge is 0.340 e. The SMILES string of the molecule is O=P(O)(O)CP(=O)(O)OC[C@H]1O[C@@H](n2cc3c(NC4CCCC4)nc(Cl)nc3n2)[C@@H](F)[C@@H]1O. The molecule has 1 aliphatic carbocycles. The Balaban J connectivity index is 1.51. The third-order valence-electron chi connectivity index (χ3n) is 5.42. The van der Waals surface area contributed by atoms with Gasteiger partial charge in [0.05, 0.1) is 12.0 Å². The summed E-state index contributed by atoms with van der Waals surface area (Å²) in [6, 6.07) is 0.213. The van der Waals surface area contributed by atoms with Gasteiger partial charge in [-0.1, -0.05) is 12.8 Å². The highest BCUT2D eigenvalue weighted by atomic mass is 35.5. The van der Waals surface area contributed by atoms with Gasteiger partial charge in [0, 0.05) is 12.2 Å². The summed E-state index contributed by atoms with van der Waals surface area (Å²) in [7, 11) is -9.53. The van der Waals surface area contributed by atoms with Crippen molar-refractivity contribution in [3.63, 3.8) is 0 Å². The zero-order valence-corrected chi connectivity index (χ0v) is 19.6. The number of alkyl halides is 1. The number of aliphatic hydroxyl groups excluding tert-OH is 1. The quantitative estimate of drug-likeness (QED) is 0.246. The number of anilines is 1. The summed E-state index contributed by atoms with van der Waals surface area (Å²) in [6.45, 7) is -0.771. The second kappa shape index (κ2) is 9.44. The molecule has 0 radical (unpaired) electrons. The summed E-state index contributed by atoms with van der Waals surface area (Å²) in [4.78, 5) is 35.5. The first kappa shape index (κ1) is 24.9. The van der Waals surface area contributed by atoms with E-state index in [-0.39, 0.29) is 17.0 Å². The Hall–Kier alpha value is -1.21. The van der Waals surface area contributed by atoms with Crippen molar-refractivity contribution in [2.45, 2.75) is 56.3 Å². The lowest BCUT2D eigenvalue weighted by Gasteiger charge is -2.17. The van der Waals surface area contributed by atoms with E-state index in [0.29, 0.717) is 11.2 Å². The monoisotopic (exact) mass is 529 g/mol. The molecule has 0 aromatic carbocycles. The summed E-state index contributed by atoms with van der Waals surface area (Å²) in [5.41, 5.74) is 0.182. The van der Waals surface area contributed by atoms with E-state index in [0.717, 1.165) is 30.4 Å². The van der Waals surface area contributed by atoms with E-state index in [4.69, 9.17) is 26.1 Å². The molecule has 5 atom stereocenters. The Morgan fingerprint density at radius 3 is 2.64 bits per heavy atom. The molecule has 3 heterocycles. The number of aliphatic hydroxyl groups is 1. The molecule has 0 amide bonds. The van der Waals surface area contributed by atoms with E-state index < -0.39 is 52.3 Å². The number of hydrogen-bond donors (Lipinski definition) is 5. The average Bonchev–Trinajstić information content (AvgIpc) is 3.40. The maximum Gasteiger partial charge on any atom is 0.340 e. The maximum atomic E-state index is 14.8. The van der Waals surface area contributed by atoms with Crippen LogP contribution < -0.4 is 5.32 Å². The van der Waals surface area contributed by atoms with E-state index in [1.165, 1.54) is 6.20 Å². The number of nitrogens with one attached hydrogen (secondary N) is 1. The van der Waals surface area contributed by atoms with E-state index >= 15 is 0 Å². The van der Waals surface area contributed by atoms with Crippen molar-refractivity contribution in [3.05, 3.63) is 11.5 Å². The molecule has 184 valence electrons. The lowest BCUT2D eigenvalue weighted by molar-refractivity contribution is -0.0486. The molecule has 33 heavy (non-hydrogen) atoms. The van der Waals surface area contributed by atoms with Crippen molar-refractivity contribution in [1.82, 2.24) is 19.7 Å². The van der Waals surface area contributed by atoms with Crippen LogP contribution in [0.3, 0.4) is 0 Å². The van der Waals surface area contributed by atoms with Gasteiger partial charge in [0.2, 0.25) is 5.28 Å². The number of fused-ring (bicyclic) bond motifs is 1. The first-order valence-corrected chi connectivity index (χ1v) is 14.0. The Labute approximate surface area is 192 Å². The van der Waals surface area contributed by atoms with Crippen molar-refractivity contribution < 1.29 is 42.6 Å². The van der Waals surface area contributed by atoms with Crippen LogP contribution in [-0.2, 0) is 18.4 Å². The minimum Gasteiger partial charge on any atom is -0.387 e. The third-order valence-corrected chi connectivity index (χ3v) is 9.05. The Kier molecular flexibility index (Phi) is 7.13. The predicted octanol–water partition coefficient (Wildman–Crippen LogP) is 1.77. The van der Waals surface area contributed by atoms with E-state index in [9.17, 15) is 23.5 Å². The van der Waals surface area contributed by atoms with Crippen LogP contribution in [0.1, 0.15) is 31.9 Å². The molecule has 5 N–H and O–H groups in total. The lowest BCUT2D eigenvalue weighted by Crippen LogP contribution is -2.31. The number of ether oxygens (including phenoxy) is 1. The second-order valence-corrected chi connectivity index (χ2v) is 12.4. The van der Waals surface area contributed by atoms with Gasteiger partial charge in [0.25, 0.3) is 0 Å². The van der Waals surface area contributed by atoms with Crippen molar-refractivity contribution in [2.75, 3.05) is 17.8 Å². The zero-order valence-electron chi connectivity index (χ0n) is 17.1. The summed E-state index contributed by atoms with van der Waals surface area (Å²) < 4.78 is 48.8. The highest BCUT2D eigenvalue weighted by Gasteiger charge is 2.47. The largest absolute Gasteiger partial charge is 0.387 e. The molecular formula is C16H23ClFN5O8P2. The number of aromatic nitrogens is 4. The van der Waals surface area contributed by atoms with Crippen LogP contribution in [0.25, 0.3) is 11.0 Å². The van der Waals surface area contributed by atoms with Gasteiger partial charge in [-0.2, -0.15) is 9.97 Å². The molecule has 1 unspecified atom stereocenters. The highest BCUT2D eigenvalue weighted by Crippen LogP contribution is 2.55. The van der Waals surface area contributed by atoms with Gasteiger partial charge in [-0.25, -0.2) is 9.07 Å². The minimum atomic E-state index is -4.83. The minimum absolute atomic E-state index is 0.0487. The zero-order chi connectivity index (χ0) is 24.0. The lowest BCUT2D eigenvalue weighted by atomic mass is 10.1. The molecule has 2 aromatic rings. The molecule has 4 rings (SSSR count). The molecule has 1 aliphatic heterocycles. The normalized spacial score (nSPS) is 28.4. The number of rotatable bonds is 8. The second-order valence-electron chi connectivity index (χ2n) is 8.05. The summed E-state index contributed by atoms with van der Waals surface area (Å²) in [5.74, 6) is -0.970. The fraction of sp³-hybridized carbons (Fsp3) is 0.688. The van der Waals surface area contributed by atoms with E-state index in [2.05, 4.69) is 24.9 Å². The third kappa shape index (κ3) is 5.90. The number of halogens is 2. The molecule has 17 heteroatoms. The van der Waals surface area contributed by atoms with Gasteiger partial charge in [-0.05, 0) is 24.4 Å². The standard InChI is InChI=1S/C16H23ClFN5O8P2/c17-16-20-13(19-8-3-1-2-4-8)9-5-23(22-14(9)21-16)15-11(18)12(24)10(31-15)6-30-33(28,29)7-32(25,26)27/h5,8,10-12,15,24H,1-4,6-7H2,(H,28,29)(H2,25,26,27)(H,19,20,21,22)/t10-,11+,12-,15-/m1/s1.